The number of hydrogen-bond acceptors (Lipinski definition) is 4. The molecule has 182 valence electrons. The third kappa shape index (κ3) is 3.96. The lowest BCUT2D eigenvalue weighted by Crippen LogP contribution is -2.49. The van der Waals surface area contributed by atoms with Crippen LogP contribution in [-0.2, 0) is 28.1 Å². The maximum absolute atomic E-state index is 13.6. The van der Waals surface area contributed by atoms with Crippen LogP contribution >= 0.6 is 0 Å². The molecule has 2 fully saturated rings. The van der Waals surface area contributed by atoms with Gasteiger partial charge in [0.2, 0.25) is 11.8 Å². The molecule has 2 atom stereocenters. The van der Waals surface area contributed by atoms with Gasteiger partial charge >= 0.3 is 6.03 Å². The Morgan fingerprint density at radius 1 is 1.14 bits per heavy atom. The second-order valence-corrected chi connectivity index (χ2v) is 9.90. The van der Waals surface area contributed by atoms with Gasteiger partial charge in [0.1, 0.15) is 12.1 Å². The molecule has 5 amide bonds. The molecule has 0 bridgehead atoms. The van der Waals surface area contributed by atoms with Crippen LogP contribution in [0.3, 0.4) is 0 Å². The van der Waals surface area contributed by atoms with E-state index in [1.54, 1.807) is 29.2 Å². The van der Waals surface area contributed by atoms with Crippen LogP contribution in [0.15, 0.2) is 48.5 Å². The summed E-state index contributed by atoms with van der Waals surface area (Å²) >= 11 is 0. The maximum Gasteiger partial charge on any atom is 0.325 e. The number of nitrogens with two attached hydrogens (primary N) is 1. The molecule has 35 heavy (non-hydrogen) atoms. The summed E-state index contributed by atoms with van der Waals surface area (Å²) in [5, 5.41) is 2.89. The number of aryl methyl sites for hydroxylation is 1. The van der Waals surface area contributed by atoms with Crippen LogP contribution in [0, 0.1) is 5.92 Å². The third-order valence-electron chi connectivity index (χ3n) is 7.95. The zero-order valence-corrected chi connectivity index (χ0v) is 19.8. The number of imide groups is 1. The number of carbonyl (C=O) groups excluding carboxylic acids is 4. The van der Waals surface area contributed by atoms with Crippen molar-refractivity contribution in [2.75, 3.05) is 6.54 Å². The summed E-state index contributed by atoms with van der Waals surface area (Å²) in [7, 11) is 0. The van der Waals surface area contributed by atoms with E-state index in [2.05, 4.69) is 5.32 Å². The lowest BCUT2D eigenvalue weighted by Gasteiger charge is -2.39. The number of benzene rings is 2. The lowest BCUT2D eigenvalue weighted by atomic mass is 9.79. The first-order valence-corrected chi connectivity index (χ1v) is 12.2. The SMILES string of the molecule is CC(C1CCC1)N(Cc1ccc(C(N)=O)cc1)C(=O)CN1C(=O)N[C@]2(CCc3ccccc32)C1=O. The molecule has 2 aliphatic carbocycles. The molecule has 3 aliphatic rings. The van der Waals surface area contributed by atoms with Crippen molar-refractivity contribution in [3.05, 3.63) is 70.8 Å². The zero-order valence-electron chi connectivity index (χ0n) is 19.8. The van der Waals surface area contributed by atoms with E-state index in [9.17, 15) is 19.2 Å². The molecule has 1 spiro atoms. The topological polar surface area (TPSA) is 113 Å². The molecule has 8 nitrogen and oxygen atoms in total. The van der Waals surface area contributed by atoms with Gasteiger partial charge in [0.15, 0.2) is 0 Å². The number of hydrogen-bond donors (Lipinski definition) is 2. The van der Waals surface area contributed by atoms with Crippen molar-refractivity contribution in [2.24, 2.45) is 11.7 Å². The number of primary amides is 1. The molecular weight excluding hydrogens is 444 g/mol. The molecule has 8 heteroatoms. The van der Waals surface area contributed by atoms with Crippen LogP contribution in [0.4, 0.5) is 4.79 Å². The van der Waals surface area contributed by atoms with E-state index in [0.717, 1.165) is 40.9 Å². The van der Waals surface area contributed by atoms with Crippen molar-refractivity contribution < 1.29 is 19.2 Å². The largest absolute Gasteiger partial charge is 0.366 e. The summed E-state index contributed by atoms with van der Waals surface area (Å²) in [6, 6.07) is 13.9. The Hall–Kier alpha value is -3.68. The summed E-state index contributed by atoms with van der Waals surface area (Å²) < 4.78 is 0. The predicted molar refractivity (Wildman–Crippen MR) is 129 cm³/mol. The van der Waals surface area contributed by atoms with E-state index in [0.29, 0.717) is 30.9 Å². The van der Waals surface area contributed by atoms with Gasteiger partial charge in [-0.3, -0.25) is 19.3 Å². The fraction of sp³-hybridized carbons (Fsp3) is 0.407. The Morgan fingerprint density at radius 2 is 1.86 bits per heavy atom. The normalized spacial score (nSPS) is 22.0. The van der Waals surface area contributed by atoms with Crippen molar-refractivity contribution >= 4 is 23.8 Å². The molecule has 1 heterocycles. The molecule has 1 unspecified atom stereocenters. The van der Waals surface area contributed by atoms with Crippen molar-refractivity contribution in [3.63, 3.8) is 0 Å². The van der Waals surface area contributed by atoms with Crippen molar-refractivity contribution in [1.29, 1.82) is 0 Å². The van der Waals surface area contributed by atoms with Gasteiger partial charge in [0.05, 0.1) is 0 Å². The molecule has 0 radical (unpaired) electrons. The second kappa shape index (κ2) is 8.83. The van der Waals surface area contributed by atoms with Gasteiger partial charge in [-0.25, -0.2) is 4.79 Å². The standard InChI is InChI=1S/C27H30N4O4/c1-17(19-6-4-7-19)30(15-18-9-11-21(12-10-18)24(28)33)23(32)16-31-25(34)27(29-26(31)35)14-13-20-5-2-3-8-22(20)27/h2-3,5,8-12,17,19H,4,6-7,13-16H2,1H3,(H2,28,33)(H,29,35)/t17?,27-/m0/s1. The van der Waals surface area contributed by atoms with Crippen LogP contribution < -0.4 is 11.1 Å². The molecule has 1 saturated heterocycles. The number of fused-ring (bicyclic) bond motifs is 2. The first-order chi connectivity index (χ1) is 16.8. The number of carbonyl (C=O) groups is 4. The highest BCUT2D eigenvalue weighted by Crippen LogP contribution is 2.41. The van der Waals surface area contributed by atoms with Gasteiger partial charge in [0.25, 0.3) is 5.91 Å². The number of nitrogens with zero attached hydrogens (tertiary/aromatic N) is 2. The van der Waals surface area contributed by atoms with Gasteiger partial charge in [0, 0.05) is 18.2 Å². The highest BCUT2D eigenvalue weighted by Gasteiger charge is 2.55. The second-order valence-electron chi connectivity index (χ2n) is 9.90. The Labute approximate surface area is 204 Å². The molecule has 3 N–H and O–H groups in total. The zero-order chi connectivity index (χ0) is 24.7. The fourth-order valence-electron chi connectivity index (χ4n) is 5.57. The average Bonchev–Trinajstić information content (AvgIpc) is 3.29. The first-order valence-electron chi connectivity index (χ1n) is 12.2. The molecule has 1 aliphatic heterocycles. The maximum atomic E-state index is 13.6. The Bertz CT molecular complexity index is 1190. The highest BCUT2D eigenvalue weighted by atomic mass is 16.2. The molecule has 1 saturated carbocycles. The minimum Gasteiger partial charge on any atom is -0.366 e. The molecule has 2 aromatic carbocycles. The smallest absolute Gasteiger partial charge is 0.325 e. The third-order valence-corrected chi connectivity index (χ3v) is 7.95. The average molecular weight is 475 g/mol. The van der Waals surface area contributed by atoms with E-state index in [1.165, 1.54) is 0 Å². The Kier molecular flexibility index (Phi) is 5.83. The minimum absolute atomic E-state index is 0.0333. The lowest BCUT2D eigenvalue weighted by molar-refractivity contribution is -0.142. The summed E-state index contributed by atoms with van der Waals surface area (Å²) in [6.07, 6.45) is 4.44. The number of nitrogens with one attached hydrogen (secondary N) is 1. The monoisotopic (exact) mass is 474 g/mol. The van der Waals surface area contributed by atoms with E-state index in [-0.39, 0.29) is 24.4 Å². The van der Waals surface area contributed by atoms with Crippen LogP contribution in [0.25, 0.3) is 0 Å². The number of urea groups is 1. The summed E-state index contributed by atoms with van der Waals surface area (Å²) in [5.41, 5.74) is 7.39. The molecular formula is C27H30N4O4. The summed E-state index contributed by atoms with van der Waals surface area (Å²) in [6.45, 7) is 2.05. The van der Waals surface area contributed by atoms with Crippen molar-refractivity contribution in [1.82, 2.24) is 15.1 Å². The first kappa shape index (κ1) is 23.1. The molecule has 2 aromatic rings. The van der Waals surface area contributed by atoms with Gasteiger partial charge < -0.3 is 16.0 Å². The van der Waals surface area contributed by atoms with Crippen LogP contribution in [0.5, 0.6) is 0 Å². The van der Waals surface area contributed by atoms with Crippen molar-refractivity contribution in [3.8, 4) is 0 Å². The molecule has 0 aromatic heterocycles. The van der Waals surface area contributed by atoms with Crippen molar-refractivity contribution in [2.45, 2.75) is 57.2 Å². The predicted octanol–water partition coefficient (Wildman–Crippen LogP) is 2.70. The Balaban J connectivity index is 1.36. The van der Waals surface area contributed by atoms with E-state index in [1.807, 2.05) is 31.2 Å². The molecule has 5 rings (SSSR count). The van der Waals surface area contributed by atoms with Gasteiger partial charge in [-0.15, -0.1) is 0 Å². The van der Waals surface area contributed by atoms with Crippen LogP contribution in [0.2, 0.25) is 0 Å². The van der Waals surface area contributed by atoms with E-state index >= 15 is 0 Å². The quantitative estimate of drug-likeness (QED) is 0.601. The number of rotatable bonds is 7. The van der Waals surface area contributed by atoms with E-state index < -0.39 is 17.5 Å². The minimum atomic E-state index is -1.08. The van der Waals surface area contributed by atoms with E-state index in [4.69, 9.17) is 5.73 Å². The van der Waals surface area contributed by atoms with Gasteiger partial charge in [-0.1, -0.05) is 42.8 Å². The van der Waals surface area contributed by atoms with Gasteiger partial charge in [-0.2, -0.15) is 0 Å². The fourth-order valence-corrected chi connectivity index (χ4v) is 5.57. The number of amides is 5. The van der Waals surface area contributed by atoms with Crippen LogP contribution in [-0.4, -0.2) is 46.1 Å². The Morgan fingerprint density at radius 3 is 2.51 bits per heavy atom. The van der Waals surface area contributed by atoms with Gasteiger partial charge in [-0.05, 0) is 67.3 Å². The van der Waals surface area contributed by atoms with Crippen LogP contribution in [0.1, 0.15) is 59.7 Å². The highest BCUT2D eigenvalue weighted by molar-refractivity contribution is 6.10. The summed E-state index contributed by atoms with van der Waals surface area (Å²) in [5.74, 6) is -0.744. The summed E-state index contributed by atoms with van der Waals surface area (Å²) in [4.78, 5) is 54.3.